The third-order valence-corrected chi connectivity index (χ3v) is 2.88. The zero-order valence-corrected chi connectivity index (χ0v) is 10.9. The van der Waals surface area contributed by atoms with Crippen LogP contribution in [0.5, 0.6) is 11.5 Å². The molecule has 1 rings (SSSR count). The lowest BCUT2D eigenvalue weighted by atomic mass is 10.0. The van der Waals surface area contributed by atoms with Gasteiger partial charge in [0.25, 0.3) is 5.78 Å². The zero-order valence-electron chi connectivity index (χ0n) is 9.28. The van der Waals surface area contributed by atoms with E-state index in [9.17, 15) is 19.8 Å². The number of carbonyl (C=O) groups is 2. The molecule has 0 aliphatic heterocycles. The fourth-order valence-electron chi connectivity index (χ4n) is 1.33. The molecule has 0 aliphatic carbocycles. The normalized spacial score (nSPS) is 10.1. The van der Waals surface area contributed by atoms with E-state index < -0.39 is 17.5 Å². The van der Waals surface area contributed by atoms with Crippen molar-refractivity contribution in [1.82, 2.24) is 0 Å². The third-order valence-electron chi connectivity index (χ3n) is 2.11. The highest BCUT2D eigenvalue weighted by Gasteiger charge is 2.25. The molecule has 5 nitrogen and oxygen atoms in total. The minimum absolute atomic E-state index is 0.0150. The molecule has 0 unspecified atom stereocenters. The highest BCUT2D eigenvalue weighted by molar-refractivity contribution is 9.10. The number of Topliss-reactive ketones (excluding diaryl/α,β-unsaturated/α-hetero) is 1. The number of ether oxygens (including phenoxy) is 1. The van der Waals surface area contributed by atoms with Crippen LogP contribution in [0, 0.1) is 6.92 Å². The molecular weight excluding hydrogens is 292 g/mol. The van der Waals surface area contributed by atoms with Crippen LogP contribution in [-0.2, 0) is 9.53 Å². The molecule has 0 saturated heterocycles. The Morgan fingerprint density at radius 2 is 2.00 bits per heavy atom. The van der Waals surface area contributed by atoms with Crippen LogP contribution in [0.25, 0.3) is 0 Å². The van der Waals surface area contributed by atoms with Crippen LogP contribution in [0.15, 0.2) is 10.5 Å². The van der Waals surface area contributed by atoms with Crippen LogP contribution in [0.4, 0.5) is 0 Å². The molecule has 6 heteroatoms. The van der Waals surface area contributed by atoms with Crippen molar-refractivity contribution in [3.8, 4) is 11.5 Å². The van der Waals surface area contributed by atoms with Crippen LogP contribution in [0.3, 0.4) is 0 Å². The molecule has 1 aromatic rings. The Labute approximate surface area is 106 Å². The molecule has 0 spiro atoms. The van der Waals surface area contributed by atoms with Crippen LogP contribution >= 0.6 is 15.9 Å². The van der Waals surface area contributed by atoms with Crippen molar-refractivity contribution in [2.24, 2.45) is 0 Å². The number of hydrogen-bond acceptors (Lipinski definition) is 5. The maximum Gasteiger partial charge on any atom is 0.379 e. The summed E-state index contributed by atoms with van der Waals surface area (Å²) in [6.45, 7) is 3.21. The first-order chi connectivity index (χ1) is 7.90. The van der Waals surface area contributed by atoms with E-state index in [2.05, 4.69) is 20.7 Å². The maximum atomic E-state index is 11.7. The van der Waals surface area contributed by atoms with Gasteiger partial charge in [0.15, 0.2) is 11.5 Å². The Morgan fingerprint density at radius 3 is 2.53 bits per heavy atom. The lowest BCUT2D eigenvalue weighted by molar-refractivity contribution is -0.137. The minimum Gasteiger partial charge on any atom is -0.504 e. The number of ketones is 1. The van der Waals surface area contributed by atoms with Gasteiger partial charge in [-0.3, -0.25) is 4.79 Å². The highest BCUT2D eigenvalue weighted by atomic mass is 79.9. The molecule has 0 saturated carbocycles. The second kappa shape index (κ2) is 5.18. The molecule has 17 heavy (non-hydrogen) atoms. The number of aromatic hydroxyl groups is 2. The zero-order chi connectivity index (χ0) is 13.2. The average Bonchev–Trinajstić information content (AvgIpc) is 2.26. The summed E-state index contributed by atoms with van der Waals surface area (Å²) in [5.74, 6) is -2.72. The van der Waals surface area contributed by atoms with Gasteiger partial charge in [-0.25, -0.2) is 4.79 Å². The largest absolute Gasteiger partial charge is 0.504 e. The summed E-state index contributed by atoms with van der Waals surface area (Å²) >= 11 is 2.96. The summed E-state index contributed by atoms with van der Waals surface area (Å²) in [5.41, 5.74) is 0.351. The van der Waals surface area contributed by atoms with Gasteiger partial charge in [-0.05, 0) is 41.4 Å². The minimum atomic E-state index is -0.999. The summed E-state index contributed by atoms with van der Waals surface area (Å²) in [5, 5.41) is 18.8. The number of esters is 1. The quantitative estimate of drug-likeness (QED) is 0.386. The summed E-state index contributed by atoms with van der Waals surface area (Å²) < 4.78 is 4.56. The number of rotatable bonds is 3. The second-order valence-electron chi connectivity index (χ2n) is 3.30. The summed E-state index contributed by atoms with van der Waals surface area (Å²) in [4.78, 5) is 23.0. The predicted octanol–water partition coefficient (Wildman–Crippen LogP) is 1.91. The van der Waals surface area contributed by atoms with E-state index in [1.165, 1.54) is 13.0 Å². The highest BCUT2D eigenvalue weighted by Crippen LogP contribution is 2.38. The topological polar surface area (TPSA) is 83.8 Å². The molecule has 0 heterocycles. The molecule has 0 aliphatic rings. The lowest BCUT2D eigenvalue weighted by Gasteiger charge is -2.09. The molecule has 0 aromatic heterocycles. The van der Waals surface area contributed by atoms with E-state index >= 15 is 0 Å². The fraction of sp³-hybridized carbons (Fsp3) is 0.273. The molecule has 2 N–H and O–H groups in total. The van der Waals surface area contributed by atoms with Gasteiger partial charge in [0.2, 0.25) is 0 Å². The predicted molar refractivity (Wildman–Crippen MR) is 63.2 cm³/mol. The van der Waals surface area contributed by atoms with E-state index in [0.29, 0.717) is 5.56 Å². The van der Waals surface area contributed by atoms with Crippen molar-refractivity contribution in [2.45, 2.75) is 13.8 Å². The maximum absolute atomic E-state index is 11.7. The smallest absolute Gasteiger partial charge is 0.379 e. The van der Waals surface area contributed by atoms with Crippen molar-refractivity contribution in [1.29, 1.82) is 0 Å². The van der Waals surface area contributed by atoms with Gasteiger partial charge < -0.3 is 14.9 Å². The molecule has 1 aromatic carbocycles. The monoisotopic (exact) mass is 302 g/mol. The molecule has 92 valence electrons. The van der Waals surface area contributed by atoms with Gasteiger partial charge in [0.1, 0.15) is 0 Å². The fourth-order valence-corrected chi connectivity index (χ4v) is 2.02. The van der Waals surface area contributed by atoms with E-state index in [-0.39, 0.29) is 22.4 Å². The van der Waals surface area contributed by atoms with Crippen LogP contribution < -0.4 is 0 Å². The number of phenols is 2. The number of hydrogen-bond donors (Lipinski definition) is 2. The summed E-state index contributed by atoms with van der Waals surface area (Å²) in [6.07, 6.45) is 0. The van der Waals surface area contributed by atoms with Crippen molar-refractivity contribution >= 4 is 27.7 Å². The molecule has 0 amide bonds. The first kappa shape index (κ1) is 13.5. The summed E-state index contributed by atoms with van der Waals surface area (Å²) in [7, 11) is 0. The Hall–Kier alpha value is -1.56. The lowest BCUT2D eigenvalue weighted by Crippen LogP contribution is -2.19. The van der Waals surface area contributed by atoms with Gasteiger partial charge in [-0.1, -0.05) is 0 Å². The van der Waals surface area contributed by atoms with Crippen molar-refractivity contribution < 1.29 is 24.5 Å². The number of halogens is 1. The second-order valence-corrected chi connectivity index (χ2v) is 4.09. The van der Waals surface area contributed by atoms with Crippen molar-refractivity contribution in [3.63, 3.8) is 0 Å². The van der Waals surface area contributed by atoms with Gasteiger partial charge in [-0.15, -0.1) is 0 Å². The van der Waals surface area contributed by atoms with Crippen molar-refractivity contribution in [2.75, 3.05) is 6.61 Å². The number of phenolic OH excluding ortho intramolecular Hbond substituents is 2. The van der Waals surface area contributed by atoms with E-state index in [4.69, 9.17) is 0 Å². The van der Waals surface area contributed by atoms with Gasteiger partial charge >= 0.3 is 5.97 Å². The first-order valence-electron chi connectivity index (χ1n) is 4.82. The van der Waals surface area contributed by atoms with Gasteiger partial charge in [-0.2, -0.15) is 0 Å². The Balaban J connectivity index is 3.28. The van der Waals surface area contributed by atoms with Crippen LogP contribution in [0.2, 0.25) is 0 Å². The Kier molecular flexibility index (Phi) is 4.11. The average molecular weight is 303 g/mol. The Bertz CT molecular complexity index is 481. The molecule has 0 radical (unpaired) electrons. The number of benzene rings is 1. The third kappa shape index (κ3) is 2.58. The van der Waals surface area contributed by atoms with E-state index in [1.807, 2.05) is 0 Å². The van der Waals surface area contributed by atoms with E-state index in [1.54, 1.807) is 6.92 Å². The Morgan fingerprint density at radius 1 is 1.41 bits per heavy atom. The number of aryl methyl sites for hydroxylation is 1. The summed E-state index contributed by atoms with van der Waals surface area (Å²) in [6, 6.07) is 1.20. The first-order valence-corrected chi connectivity index (χ1v) is 5.61. The van der Waals surface area contributed by atoms with Crippen LogP contribution in [0.1, 0.15) is 22.8 Å². The molecule has 0 atom stereocenters. The van der Waals surface area contributed by atoms with E-state index in [0.717, 1.165) is 0 Å². The molecule has 0 bridgehead atoms. The van der Waals surface area contributed by atoms with Gasteiger partial charge in [0.05, 0.1) is 16.6 Å². The molecular formula is C11H11BrO5. The van der Waals surface area contributed by atoms with Crippen molar-refractivity contribution in [3.05, 3.63) is 21.7 Å². The molecule has 0 fully saturated rings. The standard InChI is InChI=1S/C11H11BrO5/c1-3-17-11(16)10(15)7-5(2)4-6(13)9(14)8(7)12/h4,13-14H,3H2,1-2H3. The number of carbonyl (C=O) groups excluding carboxylic acids is 2. The SMILES string of the molecule is CCOC(=O)C(=O)c1c(C)cc(O)c(O)c1Br. The van der Waals surface area contributed by atoms with Gasteiger partial charge in [0, 0.05) is 0 Å². The van der Waals surface area contributed by atoms with Crippen LogP contribution in [-0.4, -0.2) is 28.6 Å².